The third-order valence-electron chi connectivity index (χ3n) is 3.48. The summed E-state index contributed by atoms with van der Waals surface area (Å²) in [7, 11) is 0. The zero-order valence-corrected chi connectivity index (χ0v) is 13.8. The van der Waals surface area contributed by atoms with E-state index in [1.54, 1.807) is 26.0 Å². The lowest BCUT2D eigenvalue weighted by Gasteiger charge is -2.04. The summed E-state index contributed by atoms with van der Waals surface area (Å²) in [6.45, 7) is 4.45. The normalized spacial score (nSPS) is 10.4. The van der Waals surface area contributed by atoms with Crippen LogP contribution in [0, 0.1) is 13.8 Å². The lowest BCUT2D eigenvalue weighted by Crippen LogP contribution is -2.15. The van der Waals surface area contributed by atoms with E-state index >= 15 is 0 Å². The van der Waals surface area contributed by atoms with Gasteiger partial charge in [0.25, 0.3) is 0 Å². The number of esters is 1. The van der Waals surface area contributed by atoms with Crippen LogP contribution in [0.2, 0.25) is 5.02 Å². The minimum Gasteiger partial charge on any atom is -0.454 e. The molecule has 0 aliphatic rings. The Bertz CT molecular complexity index is 775. The highest BCUT2D eigenvalue weighted by atomic mass is 35.5. The summed E-state index contributed by atoms with van der Waals surface area (Å²) in [6.07, 6.45) is 0. The Morgan fingerprint density at radius 1 is 1.13 bits per heavy atom. The molecule has 120 valence electrons. The number of H-pyrrole nitrogens is 1. The van der Waals surface area contributed by atoms with Gasteiger partial charge in [0.1, 0.15) is 0 Å². The van der Waals surface area contributed by atoms with Crippen molar-refractivity contribution in [3.8, 4) is 0 Å². The van der Waals surface area contributed by atoms with Gasteiger partial charge in [-0.25, -0.2) is 4.79 Å². The van der Waals surface area contributed by atoms with Gasteiger partial charge in [0.15, 0.2) is 12.4 Å². The van der Waals surface area contributed by atoms with Gasteiger partial charge in [-0.3, -0.25) is 9.59 Å². The van der Waals surface area contributed by atoms with E-state index in [2.05, 4.69) is 4.98 Å². The molecule has 1 aromatic heterocycles. The number of ketones is 2. The molecule has 23 heavy (non-hydrogen) atoms. The Hall–Kier alpha value is -2.40. The highest BCUT2D eigenvalue weighted by Crippen LogP contribution is 2.19. The zero-order valence-electron chi connectivity index (χ0n) is 13.0. The van der Waals surface area contributed by atoms with Gasteiger partial charge in [-0.15, -0.1) is 0 Å². The first kappa shape index (κ1) is 17.0. The molecule has 0 aliphatic carbocycles. The fraction of sp³-hybridized carbons (Fsp3) is 0.235. The van der Waals surface area contributed by atoms with Crippen LogP contribution in [0.3, 0.4) is 0 Å². The number of carbonyl (C=O) groups excluding carboxylic acids is 3. The van der Waals surface area contributed by atoms with Crippen molar-refractivity contribution in [1.29, 1.82) is 0 Å². The van der Waals surface area contributed by atoms with Crippen LogP contribution < -0.4 is 0 Å². The van der Waals surface area contributed by atoms with Crippen LogP contribution in [0.15, 0.2) is 24.3 Å². The molecule has 5 nitrogen and oxygen atoms in total. The van der Waals surface area contributed by atoms with E-state index < -0.39 is 12.6 Å². The van der Waals surface area contributed by atoms with E-state index in [0.717, 1.165) is 0 Å². The van der Waals surface area contributed by atoms with E-state index in [1.807, 2.05) is 0 Å². The molecular formula is C17H16ClNO4. The molecule has 6 heteroatoms. The van der Waals surface area contributed by atoms with Crippen LogP contribution in [0.1, 0.15) is 49.4 Å². The smallest absolute Gasteiger partial charge is 0.338 e. The third kappa shape index (κ3) is 3.68. The van der Waals surface area contributed by atoms with Crippen LogP contribution in [0.25, 0.3) is 0 Å². The Morgan fingerprint density at radius 2 is 1.74 bits per heavy atom. The van der Waals surface area contributed by atoms with E-state index in [-0.39, 0.29) is 17.3 Å². The predicted octanol–water partition coefficient (Wildman–Crippen LogP) is 3.53. The molecule has 1 N–H and O–H groups in total. The summed E-state index contributed by atoms with van der Waals surface area (Å²) in [5.74, 6) is -1.11. The maximum atomic E-state index is 12.2. The maximum absolute atomic E-state index is 12.2. The molecule has 1 aromatic carbocycles. The number of nitrogens with one attached hydrogen (secondary N) is 1. The van der Waals surface area contributed by atoms with Gasteiger partial charge in [0, 0.05) is 16.3 Å². The van der Waals surface area contributed by atoms with Gasteiger partial charge >= 0.3 is 5.97 Å². The second kappa shape index (κ2) is 6.79. The SMILES string of the molecule is CC(=O)c1c(C)[nH]c(C(=O)COC(=O)c2ccc(Cl)cc2)c1C. The average molecular weight is 334 g/mol. The van der Waals surface area contributed by atoms with Crippen molar-refractivity contribution in [2.24, 2.45) is 0 Å². The molecule has 0 bridgehead atoms. The fourth-order valence-corrected chi connectivity index (χ4v) is 2.56. The Balaban J connectivity index is 2.08. The van der Waals surface area contributed by atoms with Crippen molar-refractivity contribution in [2.45, 2.75) is 20.8 Å². The number of ether oxygens (including phenoxy) is 1. The quantitative estimate of drug-likeness (QED) is 0.671. The Morgan fingerprint density at radius 3 is 2.26 bits per heavy atom. The number of carbonyl (C=O) groups is 3. The van der Waals surface area contributed by atoms with Gasteiger partial charge in [-0.1, -0.05) is 11.6 Å². The van der Waals surface area contributed by atoms with Gasteiger partial charge in [0.2, 0.25) is 5.78 Å². The number of aromatic amines is 1. The lowest BCUT2D eigenvalue weighted by molar-refractivity contribution is 0.0473. The lowest BCUT2D eigenvalue weighted by atomic mass is 10.1. The average Bonchev–Trinajstić information content (AvgIpc) is 2.80. The summed E-state index contributed by atoms with van der Waals surface area (Å²) in [5.41, 5.74) is 2.30. The Kier molecular flexibility index (Phi) is 5.01. The van der Waals surface area contributed by atoms with Crippen molar-refractivity contribution < 1.29 is 19.1 Å². The van der Waals surface area contributed by atoms with Gasteiger partial charge < -0.3 is 9.72 Å². The monoisotopic (exact) mass is 333 g/mol. The first-order valence-corrected chi connectivity index (χ1v) is 7.35. The standard InChI is InChI=1S/C17H16ClNO4/c1-9-15(11(3)20)10(2)19-16(9)14(21)8-23-17(22)12-4-6-13(18)7-5-12/h4-7,19H,8H2,1-3H3. The van der Waals surface area contributed by atoms with Gasteiger partial charge in [-0.05, 0) is 50.6 Å². The number of aryl methyl sites for hydroxylation is 1. The van der Waals surface area contributed by atoms with Crippen molar-refractivity contribution in [3.63, 3.8) is 0 Å². The van der Waals surface area contributed by atoms with Crippen molar-refractivity contribution in [1.82, 2.24) is 4.98 Å². The number of aromatic nitrogens is 1. The molecule has 0 spiro atoms. The van der Waals surface area contributed by atoms with Crippen molar-refractivity contribution >= 4 is 29.1 Å². The summed E-state index contributed by atoms with van der Waals surface area (Å²) in [5, 5.41) is 0.506. The van der Waals surface area contributed by atoms with E-state index in [1.165, 1.54) is 19.1 Å². The molecule has 0 fully saturated rings. The minimum atomic E-state index is -0.609. The topological polar surface area (TPSA) is 76.2 Å². The fourth-order valence-electron chi connectivity index (χ4n) is 2.43. The molecule has 0 saturated heterocycles. The molecule has 0 atom stereocenters. The Labute approximate surface area is 138 Å². The number of rotatable bonds is 5. The van der Waals surface area contributed by atoms with E-state index in [4.69, 9.17) is 16.3 Å². The van der Waals surface area contributed by atoms with E-state index in [0.29, 0.717) is 27.4 Å². The summed E-state index contributed by atoms with van der Waals surface area (Å²) in [6, 6.07) is 6.18. The number of hydrogen-bond donors (Lipinski definition) is 1. The second-order valence-electron chi connectivity index (χ2n) is 5.19. The molecule has 0 aliphatic heterocycles. The van der Waals surface area contributed by atoms with Crippen molar-refractivity contribution in [3.05, 3.63) is 57.4 Å². The third-order valence-corrected chi connectivity index (χ3v) is 3.73. The second-order valence-corrected chi connectivity index (χ2v) is 5.62. The first-order chi connectivity index (χ1) is 10.8. The summed E-state index contributed by atoms with van der Waals surface area (Å²) < 4.78 is 5.01. The molecule has 0 saturated carbocycles. The molecule has 2 rings (SSSR count). The predicted molar refractivity (Wildman–Crippen MR) is 86.3 cm³/mol. The van der Waals surface area contributed by atoms with Crippen LogP contribution in [0.5, 0.6) is 0 Å². The number of Topliss-reactive ketones (excluding diaryl/α,β-unsaturated/α-hetero) is 2. The van der Waals surface area contributed by atoms with Gasteiger partial charge in [0.05, 0.1) is 11.3 Å². The van der Waals surface area contributed by atoms with Crippen LogP contribution in [-0.4, -0.2) is 29.1 Å². The van der Waals surface area contributed by atoms with Crippen LogP contribution >= 0.6 is 11.6 Å². The first-order valence-electron chi connectivity index (χ1n) is 6.97. The number of halogens is 1. The molecular weight excluding hydrogens is 318 g/mol. The van der Waals surface area contributed by atoms with E-state index in [9.17, 15) is 14.4 Å². The maximum Gasteiger partial charge on any atom is 0.338 e. The van der Waals surface area contributed by atoms with Crippen LogP contribution in [0.4, 0.5) is 0 Å². The molecule has 0 unspecified atom stereocenters. The molecule has 0 amide bonds. The number of hydrogen-bond acceptors (Lipinski definition) is 4. The van der Waals surface area contributed by atoms with Gasteiger partial charge in [-0.2, -0.15) is 0 Å². The molecule has 1 heterocycles. The summed E-state index contributed by atoms with van der Waals surface area (Å²) >= 11 is 5.75. The highest BCUT2D eigenvalue weighted by molar-refractivity contribution is 6.30. The largest absolute Gasteiger partial charge is 0.454 e. The van der Waals surface area contributed by atoms with Crippen molar-refractivity contribution in [2.75, 3.05) is 6.61 Å². The zero-order chi connectivity index (χ0) is 17.1. The number of benzene rings is 1. The summed E-state index contributed by atoms with van der Waals surface area (Å²) in [4.78, 5) is 38.5. The minimum absolute atomic E-state index is 0.117. The molecule has 2 aromatic rings. The van der Waals surface area contributed by atoms with Crippen LogP contribution in [-0.2, 0) is 4.74 Å². The highest BCUT2D eigenvalue weighted by Gasteiger charge is 2.21. The molecule has 0 radical (unpaired) electrons.